The minimum absolute atomic E-state index is 0.00193. The van der Waals surface area contributed by atoms with Crippen molar-refractivity contribution in [2.45, 2.75) is 46.5 Å². The Kier molecular flexibility index (Phi) is 4.57. The number of hydrogen-bond donors (Lipinski definition) is 0. The van der Waals surface area contributed by atoms with Crippen LogP contribution in [0, 0.1) is 13.8 Å². The smallest absolute Gasteiger partial charge is 0.278 e. The molecule has 136 valence electrons. The van der Waals surface area contributed by atoms with Gasteiger partial charge in [0.2, 0.25) is 5.82 Å². The van der Waals surface area contributed by atoms with E-state index in [1.165, 1.54) is 16.7 Å². The van der Waals surface area contributed by atoms with Gasteiger partial charge >= 0.3 is 0 Å². The first-order valence-electron chi connectivity index (χ1n) is 8.80. The Hall–Kier alpha value is -2.69. The van der Waals surface area contributed by atoms with Crippen LogP contribution in [0.3, 0.4) is 0 Å². The highest BCUT2D eigenvalue weighted by Crippen LogP contribution is 2.29. The maximum Gasteiger partial charge on any atom is 0.278 e. The van der Waals surface area contributed by atoms with Crippen molar-refractivity contribution in [3.05, 3.63) is 53.2 Å². The molecule has 2 heterocycles. The predicted octanol–water partition coefficient (Wildman–Crippen LogP) is 4.78. The summed E-state index contributed by atoms with van der Waals surface area (Å²) in [5.74, 6) is 1.02. The van der Waals surface area contributed by atoms with Gasteiger partial charge in [-0.05, 0) is 55.2 Å². The first-order valence-corrected chi connectivity index (χ1v) is 8.80. The molecule has 5 heteroatoms. The second kappa shape index (κ2) is 6.56. The Morgan fingerprint density at radius 3 is 2.35 bits per heavy atom. The van der Waals surface area contributed by atoms with Crippen molar-refractivity contribution < 1.29 is 4.52 Å². The summed E-state index contributed by atoms with van der Waals surface area (Å²) in [7, 11) is 1.94. The van der Waals surface area contributed by atoms with Crippen molar-refractivity contribution in [1.29, 1.82) is 0 Å². The molecule has 0 unspecified atom stereocenters. The summed E-state index contributed by atoms with van der Waals surface area (Å²) in [5.41, 5.74) is 6.48. The zero-order valence-corrected chi connectivity index (χ0v) is 16.4. The van der Waals surface area contributed by atoms with Crippen LogP contribution in [0.1, 0.15) is 43.2 Å². The van der Waals surface area contributed by atoms with Gasteiger partial charge in [-0.15, -0.1) is 6.58 Å². The van der Waals surface area contributed by atoms with E-state index in [1.807, 2.05) is 23.9 Å². The van der Waals surface area contributed by atoms with E-state index in [0.29, 0.717) is 17.4 Å². The second-order valence-electron chi connectivity index (χ2n) is 7.79. The molecule has 26 heavy (non-hydrogen) atoms. The van der Waals surface area contributed by atoms with Gasteiger partial charge in [0.15, 0.2) is 5.69 Å². The SMILES string of the molecule is C=CCc1c(C)cc(-c2noc(-c3cc(C(C)(C)C)n(C)n3)n2)cc1C. The van der Waals surface area contributed by atoms with E-state index in [4.69, 9.17) is 4.52 Å². The number of aromatic nitrogens is 4. The Morgan fingerprint density at radius 1 is 1.15 bits per heavy atom. The van der Waals surface area contributed by atoms with E-state index in [1.54, 1.807) is 0 Å². The molecule has 0 spiro atoms. The summed E-state index contributed by atoms with van der Waals surface area (Å²) >= 11 is 0. The summed E-state index contributed by atoms with van der Waals surface area (Å²) in [4.78, 5) is 4.57. The molecule has 0 saturated heterocycles. The van der Waals surface area contributed by atoms with Crippen molar-refractivity contribution in [3.63, 3.8) is 0 Å². The average molecular weight is 350 g/mol. The van der Waals surface area contributed by atoms with Gasteiger partial charge in [0.1, 0.15) is 0 Å². The van der Waals surface area contributed by atoms with Crippen LogP contribution in [0.4, 0.5) is 0 Å². The Bertz CT molecular complexity index is 934. The zero-order valence-electron chi connectivity index (χ0n) is 16.4. The van der Waals surface area contributed by atoms with Gasteiger partial charge in [-0.1, -0.05) is 32.0 Å². The fourth-order valence-corrected chi connectivity index (χ4v) is 3.31. The van der Waals surface area contributed by atoms with Crippen LogP contribution in [-0.4, -0.2) is 19.9 Å². The molecule has 5 nitrogen and oxygen atoms in total. The quantitative estimate of drug-likeness (QED) is 0.635. The lowest BCUT2D eigenvalue weighted by Gasteiger charge is -2.17. The van der Waals surface area contributed by atoms with Gasteiger partial charge in [-0.2, -0.15) is 10.1 Å². The lowest BCUT2D eigenvalue weighted by Crippen LogP contribution is -2.16. The van der Waals surface area contributed by atoms with Crippen LogP contribution in [0.15, 0.2) is 35.4 Å². The normalized spacial score (nSPS) is 11.8. The number of benzene rings is 1. The molecule has 1 aromatic carbocycles. The molecular formula is C21H26N4O. The third kappa shape index (κ3) is 3.34. The van der Waals surface area contributed by atoms with Crippen LogP contribution in [-0.2, 0) is 18.9 Å². The highest BCUT2D eigenvalue weighted by atomic mass is 16.5. The monoisotopic (exact) mass is 350 g/mol. The van der Waals surface area contributed by atoms with Gasteiger partial charge in [0, 0.05) is 23.7 Å². The number of aryl methyl sites for hydroxylation is 3. The van der Waals surface area contributed by atoms with Gasteiger partial charge in [-0.3, -0.25) is 4.68 Å². The van der Waals surface area contributed by atoms with Crippen molar-refractivity contribution in [2.24, 2.45) is 7.05 Å². The van der Waals surface area contributed by atoms with Crippen LogP contribution >= 0.6 is 0 Å². The molecule has 0 atom stereocenters. The highest BCUT2D eigenvalue weighted by Gasteiger charge is 2.22. The fraction of sp³-hybridized carbons (Fsp3) is 0.381. The Balaban J connectivity index is 1.97. The van der Waals surface area contributed by atoms with E-state index in [0.717, 1.165) is 17.7 Å². The van der Waals surface area contributed by atoms with Gasteiger partial charge < -0.3 is 4.52 Å². The molecule has 0 aliphatic carbocycles. The third-order valence-electron chi connectivity index (χ3n) is 4.60. The maximum absolute atomic E-state index is 5.49. The van der Waals surface area contributed by atoms with E-state index in [-0.39, 0.29) is 5.41 Å². The van der Waals surface area contributed by atoms with E-state index in [9.17, 15) is 0 Å². The summed E-state index contributed by atoms with van der Waals surface area (Å²) in [6.07, 6.45) is 2.79. The summed E-state index contributed by atoms with van der Waals surface area (Å²) in [6.45, 7) is 14.5. The molecule has 0 aliphatic rings. The second-order valence-corrected chi connectivity index (χ2v) is 7.79. The molecule has 3 aromatic rings. The Labute approximate surface area is 154 Å². The molecule has 0 bridgehead atoms. The molecule has 3 rings (SSSR count). The third-order valence-corrected chi connectivity index (χ3v) is 4.60. The lowest BCUT2D eigenvalue weighted by molar-refractivity contribution is 0.430. The standard InChI is InChI=1S/C21H26N4O/c1-8-9-16-13(2)10-15(11-14(16)3)19-22-20(26-24-19)17-12-18(21(4,5)6)25(7)23-17/h8,10-12H,1,9H2,2-7H3. The van der Waals surface area contributed by atoms with E-state index >= 15 is 0 Å². The first kappa shape index (κ1) is 18.1. The minimum Gasteiger partial charge on any atom is -0.332 e. The molecular weight excluding hydrogens is 324 g/mol. The van der Waals surface area contributed by atoms with Crippen LogP contribution in [0.5, 0.6) is 0 Å². The molecule has 0 saturated carbocycles. The lowest BCUT2D eigenvalue weighted by atomic mass is 9.92. The molecule has 0 N–H and O–H groups in total. The number of allylic oxidation sites excluding steroid dienone is 1. The molecule has 2 aromatic heterocycles. The summed E-state index contributed by atoms with van der Waals surface area (Å²) in [6, 6.07) is 6.21. The van der Waals surface area contributed by atoms with Crippen LogP contribution < -0.4 is 0 Å². The average Bonchev–Trinajstić information content (AvgIpc) is 3.16. The molecule has 0 fully saturated rings. The molecule has 0 aliphatic heterocycles. The fourth-order valence-electron chi connectivity index (χ4n) is 3.31. The van der Waals surface area contributed by atoms with Crippen LogP contribution in [0.2, 0.25) is 0 Å². The van der Waals surface area contributed by atoms with E-state index in [2.05, 4.69) is 68.6 Å². The number of nitrogens with zero attached hydrogens (tertiary/aromatic N) is 4. The highest BCUT2D eigenvalue weighted by molar-refractivity contribution is 5.61. The Morgan fingerprint density at radius 2 is 1.81 bits per heavy atom. The van der Waals surface area contributed by atoms with Crippen molar-refractivity contribution in [3.8, 4) is 23.0 Å². The zero-order chi connectivity index (χ0) is 19.1. The van der Waals surface area contributed by atoms with Gasteiger partial charge in [0.25, 0.3) is 5.89 Å². The van der Waals surface area contributed by atoms with Gasteiger partial charge in [0.05, 0.1) is 0 Å². The minimum atomic E-state index is -0.00193. The van der Waals surface area contributed by atoms with E-state index < -0.39 is 0 Å². The summed E-state index contributed by atoms with van der Waals surface area (Å²) < 4.78 is 7.36. The molecule has 0 radical (unpaired) electrons. The topological polar surface area (TPSA) is 56.7 Å². The predicted molar refractivity (Wildman–Crippen MR) is 104 cm³/mol. The summed E-state index contributed by atoms with van der Waals surface area (Å²) in [5, 5.41) is 8.70. The van der Waals surface area contributed by atoms with Gasteiger partial charge in [-0.25, -0.2) is 0 Å². The largest absolute Gasteiger partial charge is 0.332 e. The maximum atomic E-state index is 5.49. The van der Waals surface area contributed by atoms with Crippen molar-refractivity contribution in [1.82, 2.24) is 19.9 Å². The first-order chi connectivity index (χ1) is 12.2. The van der Waals surface area contributed by atoms with Crippen molar-refractivity contribution >= 4 is 0 Å². The van der Waals surface area contributed by atoms with Crippen molar-refractivity contribution in [2.75, 3.05) is 0 Å². The number of hydrogen-bond acceptors (Lipinski definition) is 4. The van der Waals surface area contributed by atoms with Crippen LogP contribution in [0.25, 0.3) is 23.0 Å². The number of rotatable bonds is 4. The molecule has 0 amide bonds.